The Bertz CT molecular complexity index is 1110. The fourth-order valence-corrected chi connectivity index (χ4v) is 4.09. The summed E-state index contributed by atoms with van der Waals surface area (Å²) in [4.78, 5) is 28.2. The molecule has 1 saturated carbocycles. The summed E-state index contributed by atoms with van der Waals surface area (Å²) in [6.45, 7) is 4.15. The van der Waals surface area contributed by atoms with E-state index in [9.17, 15) is 9.59 Å². The van der Waals surface area contributed by atoms with Gasteiger partial charge in [0, 0.05) is 27.7 Å². The standard InChI is InChI=1S/C21H23BrN4O2/c1-3-4-13-7-12(2)25-21(28)17(13)10-23-20(27)16-8-14(22)9-19-18(16)11-24-26(19)15-5-6-15/h7-9,11,15H,3-6,10H2,1-2H3,(H,23,27)(H,25,28). The maximum absolute atomic E-state index is 12.9. The van der Waals surface area contributed by atoms with Crippen LogP contribution >= 0.6 is 15.9 Å². The number of carbonyl (C=O) groups excluding carboxylic acids is 1. The van der Waals surface area contributed by atoms with Gasteiger partial charge in [0.2, 0.25) is 0 Å². The van der Waals surface area contributed by atoms with E-state index < -0.39 is 0 Å². The van der Waals surface area contributed by atoms with Gasteiger partial charge in [-0.15, -0.1) is 0 Å². The summed E-state index contributed by atoms with van der Waals surface area (Å²) in [6.07, 6.45) is 5.76. The molecule has 1 amide bonds. The van der Waals surface area contributed by atoms with E-state index in [0.29, 0.717) is 17.2 Å². The molecule has 4 rings (SSSR count). The first kappa shape index (κ1) is 18.9. The minimum atomic E-state index is -0.205. The Labute approximate surface area is 171 Å². The zero-order valence-electron chi connectivity index (χ0n) is 16.0. The Kier molecular flexibility index (Phi) is 5.10. The largest absolute Gasteiger partial charge is 0.348 e. The Morgan fingerprint density at radius 1 is 1.36 bits per heavy atom. The number of aromatic nitrogens is 3. The van der Waals surface area contributed by atoms with Crippen LogP contribution in [0.25, 0.3) is 10.9 Å². The molecule has 1 aromatic carbocycles. The molecule has 2 aromatic heterocycles. The molecular formula is C21H23BrN4O2. The average molecular weight is 443 g/mol. The molecule has 1 fully saturated rings. The summed E-state index contributed by atoms with van der Waals surface area (Å²) in [6, 6.07) is 6.23. The van der Waals surface area contributed by atoms with E-state index in [1.807, 2.05) is 29.8 Å². The Hall–Kier alpha value is -2.41. The van der Waals surface area contributed by atoms with Crippen molar-refractivity contribution in [3.63, 3.8) is 0 Å². The molecule has 2 N–H and O–H groups in total. The van der Waals surface area contributed by atoms with Gasteiger partial charge < -0.3 is 10.3 Å². The van der Waals surface area contributed by atoms with Crippen molar-refractivity contribution < 1.29 is 4.79 Å². The van der Waals surface area contributed by atoms with E-state index in [0.717, 1.165) is 52.3 Å². The molecule has 3 aromatic rings. The predicted octanol–water partition coefficient (Wildman–Crippen LogP) is 4.01. The molecule has 0 unspecified atom stereocenters. The number of rotatable bonds is 6. The summed E-state index contributed by atoms with van der Waals surface area (Å²) in [5.41, 5.74) is 3.85. The lowest BCUT2D eigenvalue weighted by Gasteiger charge is -2.11. The molecule has 28 heavy (non-hydrogen) atoms. The zero-order chi connectivity index (χ0) is 19.8. The molecule has 0 saturated heterocycles. The lowest BCUT2D eigenvalue weighted by molar-refractivity contribution is 0.0952. The number of hydrogen-bond acceptors (Lipinski definition) is 3. The van der Waals surface area contributed by atoms with Gasteiger partial charge in [-0.05, 0) is 49.9 Å². The van der Waals surface area contributed by atoms with Crippen LogP contribution in [0.4, 0.5) is 0 Å². The van der Waals surface area contributed by atoms with Crippen LogP contribution in [0.2, 0.25) is 0 Å². The van der Waals surface area contributed by atoms with Crippen LogP contribution in [0.3, 0.4) is 0 Å². The number of fused-ring (bicyclic) bond motifs is 1. The second-order valence-electron chi connectivity index (χ2n) is 7.42. The maximum Gasteiger partial charge on any atom is 0.253 e. The number of pyridine rings is 1. The highest BCUT2D eigenvalue weighted by molar-refractivity contribution is 9.10. The number of aryl methyl sites for hydroxylation is 2. The van der Waals surface area contributed by atoms with Gasteiger partial charge >= 0.3 is 0 Å². The number of carbonyl (C=O) groups is 1. The van der Waals surface area contributed by atoms with E-state index in [-0.39, 0.29) is 18.0 Å². The number of H-pyrrole nitrogens is 1. The van der Waals surface area contributed by atoms with Crippen LogP contribution in [-0.4, -0.2) is 20.7 Å². The molecule has 0 radical (unpaired) electrons. The first-order valence-electron chi connectivity index (χ1n) is 9.64. The fraction of sp³-hybridized carbons (Fsp3) is 0.381. The highest BCUT2D eigenvalue weighted by atomic mass is 79.9. The van der Waals surface area contributed by atoms with Crippen molar-refractivity contribution in [1.29, 1.82) is 0 Å². The van der Waals surface area contributed by atoms with Gasteiger partial charge in [-0.1, -0.05) is 29.3 Å². The van der Waals surface area contributed by atoms with Gasteiger partial charge in [-0.3, -0.25) is 14.3 Å². The minimum Gasteiger partial charge on any atom is -0.348 e. The van der Waals surface area contributed by atoms with Crippen LogP contribution in [0.1, 0.15) is 59.4 Å². The minimum absolute atomic E-state index is 0.135. The van der Waals surface area contributed by atoms with Gasteiger partial charge in [-0.2, -0.15) is 5.10 Å². The highest BCUT2D eigenvalue weighted by Crippen LogP contribution is 2.37. The molecule has 146 valence electrons. The number of nitrogens with zero attached hydrogens (tertiary/aromatic N) is 2. The molecule has 2 heterocycles. The van der Waals surface area contributed by atoms with E-state index in [1.165, 1.54) is 0 Å². The lowest BCUT2D eigenvalue weighted by Crippen LogP contribution is -2.28. The lowest BCUT2D eigenvalue weighted by atomic mass is 10.0. The van der Waals surface area contributed by atoms with Crippen LogP contribution in [0.15, 0.2) is 33.7 Å². The third-order valence-electron chi connectivity index (χ3n) is 5.13. The average Bonchev–Trinajstić information content (AvgIpc) is 3.40. The smallest absolute Gasteiger partial charge is 0.253 e. The summed E-state index contributed by atoms with van der Waals surface area (Å²) >= 11 is 3.51. The number of aromatic amines is 1. The van der Waals surface area contributed by atoms with Crippen LogP contribution < -0.4 is 10.9 Å². The van der Waals surface area contributed by atoms with Crippen molar-refractivity contribution in [3.05, 3.63) is 61.6 Å². The van der Waals surface area contributed by atoms with E-state index in [2.05, 4.69) is 38.3 Å². The SMILES string of the molecule is CCCc1cc(C)[nH]c(=O)c1CNC(=O)c1cc(Br)cc2c1cnn2C1CC1. The summed E-state index contributed by atoms with van der Waals surface area (Å²) in [5.74, 6) is -0.205. The Balaban J connectivity index is 1.62. The third kappa shape index (κ3) is 3.63. The Morgan fingerprint density at radius 2 is 2.14 bits per heavy atom. The van der Waals surface area contributed by atoms with Gasteiger partial charge in [0.25, 0.3) is 11.5 Å². The van der Waals surface area contributed by atoms with Crippen LogP contribution in [0, 0.1) is 6.92 Å². The zero-order valence-corrected chi connectivity index (χ0v) is 17.6. The molecule has 0 bridgehead atoms. The highest BCUT2D eigenvalue weighted by Gasteiger charge is 2.27. The summed E-state index contributed by atoms with van der Waals surface area (Å²) < 4.78 is 2.84. The van der Waals surface area contributed by atoms with Gasteiger partial charge in [-0.25, -0.2) is 0 Å². The molecule has 0 aliphatic heterocycles. The van der Waals surface area contributed by atoms with Crippen molar-refractivity contribution in [3.8, 4) is 0 Å². The predicted molar refractivity (Wildman–Crippen MR) is 113 cm³/mol. The fourth-order valence-electron chi connectivity index (χ4n) is 3.64. The normalized spacial score (nSPS) is 13.8. The van der Waals surface area contributed by atoms with E-state index in [4.69, 9.17) is 0 Å². The number of nitrogens with one attached hydrogen (secondary N) is 2. The quantitative estimate of drug-likeness (QED) is 0.604. The topological polar surface area (TPSA) is 79.8 Å². The second-order valence-corrected chi connectivity index (χ2v) is 8.34. The molecule has 1 aliphatic rings. The van der Waals surface area contributed by atoms with Crippen molar-refractivity contribution in [2.45, 2.75) is 52.1 Å². The molecular weight excluding hydrogens is 420 g/mol. The Morgan fingerprint density at radius 3 is 2.86 bits per heavy atom. The first-order valence-corrected chi connectivity index (χ1v) is 10.4. The maximum atomic E-state index is 12.9. The molecule has 7 heteroatoms. The molecule has 1 aliphatic carbocycles. The molecule has 0 spiro atoms. The van der Waals surface area contributed by atoms with Gasteiger partial charge in [0.15, 0.2) is 0 Å². The number of halogens is 1. The summed E-state index contributed by atoms with van der Waals surface area (Å²) in [7, 11) is 0. The number of hydrogen-bond donors (Lipinski definition) is 2. The number of amides is 1. The van der Waals surface area contributed by atoms with Gasteiger partial charge in [0.1, 0.15) is 0 Å². The molecule has 6 nitrogen and oxygen atoms in total. The molecule has 0 atom stereocenters. The van der Waals surface area contributed by atoms with E-state index in [1.54, 1.807) is 6.20 Å². The monoisotopic (exact) mass is 442 g/mol. The van der Waals surface area contributed by atoms with Crippen LogP contribution in [0.5, 0.6) is 0 Å². The van der Waals surface area contributed by atoms with Crippen LogP contribution in [-0.2, 0) is 13.0 Å². The third-order valence-corrected chi connectivity index (χ3v) is 5.58. The van der Waals surface area contributed by atoms with Crippen molar-refractivity contribution in [2.75, 3.05) is 0 Å². The van der Waals surface area contributed by atoms with Crippen molar-refractivity contribution >= 4 is 32.7 Å². The van der Waals surface area contributed by atoms with E-state index >= 15 is 0 Å². The van der Waals surface area contributed by atoms with Crippen molar-refractivity contribution in [2.24, 2.45) is 0 Å². The summed E-state index contributed by atoms with van der Waals surface area (Å²) in [5, 5.41) is 8.25. The first-order chi connectivity index (χ1) is 13.5. The second kappa shape index (κ2) is 7.54. The number of benzene rings is 1. The van der Waals surface area contributed by atoms with Crippen molar-refractivity contribution in [1.82, 2.24) is 20.1 Å². The van der Waals surface area contributed by atoms with Gasteiger partial charge in [0.05, 0.1) is 23.3 Å².